The predicted molar refractivity (Wildman–Crippen MR) is 73.3 cm³/mol. The number of nitrogens with two attached hydrogens (primary N) is 1. The summed E-state index contributed by atoms with van der Waals surface area (Å²) in [4.78, 5) is 22.7. The van der Waals surface area contributed by atoms with Crippen LogP contribution in [0.15, 0.2) is 18.2 Å². The van der Waals surface area contributed by atoms with E-state index in [0.717, 1.165) is 6.07 Å². The van der Waals surface area contributed by atoms with Crippen molar-refractivity contribution in [2.75, 3.05) is 18.5 Å². The van der Waals surface area contributed by atoms with Gasteiger partial charge < -0.3 is 15.8 Å². The van der Waals surface area contributed by atoms with Gasteiger partial charge in [0.1, 0.15) is 5.69 Å². The number of carbonyl (C=O) groups excluding carboxylic acids is 1. The highest BCUT2D eigenvalue weighted by molar-refractivity contribution is 5.97. The second-order valence-corrected chi connectivity index (χ2v) is 5.09. The Balaban J connectivity index is 2.30. The first-order valence-electron chi connectivity index (χ1n) is 6.22. The lowest BCUT2D eigenvalue weighted by Gasteiger charge is -2.25. The fraction of sp³-hybridized carbons (Fsp3) is 0.385. The van der Waals surface area contributed by atoms with Crippen LogP contribution in [0.25, 0.3) is 0 Å². The Labute approximate surface area is 120 Å². The number of nitrogens with zero attached hydrogens (tertiary/aromatic N) is 2. The molecule has 0 radical (unpaired) electrons. The first-order valence-corrected chi connectivity index (χ1v) is 6.22. The maximum Gasteiger partial charge on any atom is 0.294 e. The molecule has 1 fully saturated rings. The molecule has 1 amide bonds. The summed E-state index contributed by atoms with van der Waals surface area (Å²) in [5, 5.41) is 22.3. The van der Waals surface area contributed by atoms with E-state index < -0.39 is 22.3 Å². The van der Waals surface area contributed by atoms with Crippen molar-refractivity contribution in [2.24, 2.45) is 11.1 Å². The number of nitrogens with one attached hydrogen (secondary N) is 1. The minimum Gasteiger partial charge on any atom is -0.379 e. The second kappa shape index (κ2) is 5.47. The summed E-state index contributed by atoms with van der Waals surface area (Å²) < 4.78 is 5.18. The molecule has 8 heteroatoms. The van der Waals surface area contributed by atoms with Crippen LogP contribution in [0.3, 0.4) is 0 Å². The minimum atomic E-state index is -0.943. The zero-order valence-electron chi connectivity index (χ0n) is 11.3. The molecule has 2 unspecified atom stereocenters. The van der Waals surface area contributed by atoms with Crippen LogP contribution >= 0.6 is 0 Å². The van der Waals surface area contributed by atoms with Crippen LogP contribution in [0.1, 0.15) is 12.5 Å². The van der Waals surface area contributed by atoms with Crippen LogP contribution in [-0.2, 0) is 9.53 Å². The van der Waals surface area contributed by atoms with Gasteiger partial charge in [-0.15, -0.1) is 0 Å². The van der Waals surface area contributed by atoms with Crippen LogP contribution in [-0.4, -0.2) is 30.1 Å². The van der Waals surface area contributed by atoms with Crippen LogP contribution in [0, 0.1) is 26.9 Å². The standard InChI is InChI=1S/C13H14N4O4/c1-13(7-21-6-11(13)15)12(18)16-9-3-2-8(5-14)4-10(9)17(19)20/h2-4,11H,6-7,15H2,1H3,(H,16,18). The quantitative estimate of drug-likeness (QED) is 0.624. The van der Waals surface area contributed by atoms with E-state index in [9.17, 15) is 14.9 Å². The van der Waals surface area contributed by atoms with Crippen LogP contribution in [0.4, 0.5) is 11.4 Å². The van der Waals surface area contributed by atoms with Gasteiger partial charge >= 0.3 is 0 Å². The van der Waals surface area contributed by atoms with E-state index in [1.807, 2.05) is 6.07 Å². The summed E-state index contributed by atoms with van der Waals surface area (Å²) in [5.74, 6) is -0.444. The van der Waals surface area contributed by atoms with Crippen LogP contribution < -0.4 is 11.1 Å². The van der Waals surface area contributed by atoms with Gasteiger partial charge in [-0.1, -0.05) is 0 Å². The molecule has 3 N–H and O–H groups in total. The Morgan fingerprint density at radius 1 is 1.67 bits per heavy atom. The van der Waals surface area contributed by atoms with Crippen LogP contribution in [0.5, 0.6) is 0 Å². The molecule has 2 atom stereocenters. The predicted octanol–water partition coefficient (Wildman–Crippen LogP) is 0.769. The Kier molecular flexibility index (Phi) is 3.88. The maximum absolute atomic E-state index is 12.3. The Hall–Kier alpha value is -2.50. The Morgan fingerprint density at radius 3 is 2.90 bits per heavy atom. The van der Waals surface area contributed by atoms with Gasteiger partial charge in [0.15, 0.2) is 0 Å². The molecular formula is C13H14N4O4. The van der Waals surface area contributed by atoms with E-state index in [1.54, 1.807) is 6.92 Å². The minimum absolute atomic E-state index is 0.0318. The van der Waals surface area contributed by atoms with E-state index in [2.05, 4.69) is 5.32 Å². The van der Waals surface area contributed by atoms with Crippen molar-refractivity contribution in [1.29, 1.82) is 5.26 Å². The van der Waals surface area contributed by atoms with Crippen molar-refractivity contribution >= 4 is 17.3 Å². The summed E-state index contributed by atoms with van der Waals surface area (Å²) >= 11 is 0. The number of hydrogen-bond donors (Lipinski definition) is 2. The lowest BCUT2D eigenvalue weighted by atomic mass is 9.84. The molecule has 0 saturated carbocycles. The zero-order chi connectivity index (χ0) is 15.6. The molecule has 0 aromatic heterocycles. The average Bonchev–Trinajstić information content (AvgIpc) is 2.80. The number of ether oxygens (including phenoxy) is 1. The highest BCUT2D eigenvalue weighted by atomic mass is 16.6. The number of amides is 1. The summed E-state index contributed by atoms with van der Waals surface area (Å²) in [7, 11) is 0. The monoisotopic (exact) mass is 290 g/mol. The maximum atomic E-state index is 12.3. The van der Waals surface area contributed by atoms with Gasteiger partial charge in [0.2, 0.25) is 5.91 Å². The molecule has 0 bridgehead atoms. The van der Waals surface area contributed by atoms with Crippen molar-refractivity contribution in [1.82, 2.24) is 0 Å². The fourth-order valence-corrected chi connectivity index (χ4v) is 2.05. The Morgan fingerprint density at radius 2 is 2.38 bits per heavy atom. The second-order valence-electron chi connectivity index (χ2n) is 5.09. The van der Waals surface area contributed by atoms with Crippen molar-refractivity contribution in [2.45, 2.75) is 13.0 Å². The van der Waals surface area contributed by atoms with E-state index in [4.69, 9.17) is 15.7 Å². The highest BCUT2D eigenvalue weighted by Gasteiger charge is 2.44. The summed E-state index contributed by atoms with van der Waals surface area (Å²) in [6.45, 7) is 2.07. The normalized spacial score (nSPS) is 24.3. The van der Waals surface area contributed by atoms with E-state index in [0.29, 0.717) is 0 Å². The molecule has 1 aliphatic heterocycles. The molecule has 1 heterocycles. The molecule has 2 rings (SSSR count). The number of nitriles is 1. The van der Waals surface area contributed by atoms with E-state index >= 15 is 0 Å². The molecule has 0 aliphatic carbocycles. The molecule has 0 spiro atoms. The third-order valence-corrected chi connectivity index (χ3v) is 3.61. The number of rotatable bonds is 3. The first-order chi connectivity index (χ1) is 9.88. The lowest BCUT2D eigenvalue weighted by molar-refractivity contribution is -0.384. The van der Waals surface area contributed by atoms with Gasteiger partial charge in [-0.2, -0.15) is 5.26 Å². The number of benzene rings is 1. The van der Waals surface area contributed by atoms with Gasteiger partial charge in [0, 0.05) is 12.1 Å². The summed E-state index contributed by atoms with van der Waals surface area (Å²) in [6.07, 6.45) is 0. The van der Waals surface area contributed by atoms with Crippen molar-refractivity contribution in [3.63, 3.8) is 0 Å². The third kappa shape index (κ3) is 2.69. The van der Waals surface area contributed by atoms with Gasteiger partial charge in [-0.25, -0.2) is 0 Å². The van der Waals surface area contributed by atoms with E-state index in [1.165, 1.54) is 12.1 Å². The molecule has 110 valence electrons. The molecule has 1 aliphatic rings. The molecular weight excluding hydrogens is 276 g/mol. The van der Waals surface area contributed by atoms with Gasteiger partial charge in [-0.05, 0) is 19.1 Å². The van der Waals surface area contributed by atoms with Crippen molar-refractivity contribution in [3.05, 3.63) is 33.9 Å². The highest BCUT2D eigenvalue weighted by Crippen LogP contribution is 2.31. The number of nitro groups is 1. The lowest BCUT2D eigenvalue weighted by Crippen LogP contribution is -2.47. The summed E-state index contributed by atoms with van der Waals surface area (Å²) in [5.41, 5.74) is 4.75. The number of anilines is 1. The summed E-state index contributed by atoms with van der Waals surface area (Å²) in [6, 6.07) is 5.18. The van der Waals surface area contributed by atoms with E-state index in [-0.39, 0.29) is 30.2 Å². The first kappa shape index (κ1) is 14.9. The number of carbonyl (C=O) groups is 1. The van der Waals surface area contributed by atoms with Crippen LogP contribution in [0.2, 0.25) is 0 Å². The topological polar surface area (TPSA) is 131 Å². The van der Waals surface area contributed by atoms with Gasteiger partial charge in [-0.3, -0.25) is 14.9 Å². The molecule has 1 saturated heterocycles. The zero-order valence-corrected chi connectivity index (χ0v) is 11.3. The molecule has 21 heavy (non-hydrogen) atoms. The number of nitro benzene ring substituents is 1. The van der Waals surface area contributed by atoms with Gasteiger partial charge in [0.25, 0.3) is 5.69 Å². The average molecular weight is 290 g/mol. The molecule has 1 aromatic rings. The SMILES string of the molecule is CC1(C(=O)Nc2ccc(C#N)cc2[N+](=O)[O-])COCC1N. The van der Waals surface area contributed by atoms with Gasteiger partial charge in [0.05, 0.1) is 35.2 Å². The smallest absolute Gasteiger partial charge is 0.294 e. The fourth-order valence-electron chi connectivity index (χ4n) is 2.05. The number of hydrogen-bond acceptors (Lipinski definition) is 6. The Bertz CT molecular complexity index is 640. The largest absolute Gasteiger partial charge is 0.379 e. The third-order valence-electron chi connectivity index (χ3n) is 3.61. The molecule has 8 nitrogen and oxygen atoms in total. The molecule has 1 aromatic carbocycles. The van der Waals surface area contributed by atoms with Crippen molar-refractivity contribution in [3.8, 4) is 6.07 Å². The van der Waals surface area contributed by atoms with Crippen molar-refractivity contribution < 1.29 is 14.5 Å².